The number of likely N-dealkylation sites (tertiary alicyclic amines) is 2. The highest BCUT2D eigenvalue weighted by Gasteiger charge is 2.49. The summed E-state index contributed by atoms with van der Waals surface area (Å²) in [6.07, 6.45) is 9.50. The zero-order valence-electron chi connectivity index (χ0n) is 18.4. The van der Waals surface area contributed by atoms with Crippen molar-refractivity contribution in [1.82, 2.24) is 15.1 Å². The molecule has 2 heterocycles. The molecule has 6 aliphatic rings. The maximum absolute atomic E-state index is 13.3. The van der Waals surface area contributed by atoms with Crippen LogP contribution >= 0.6 is 0 Å². The van der Waals surface area contributed by atoms with E-state index in [1.54, 1.807) is 0 Å². The van der Waals surface area contributed by atoms with Gasteiger partial charge in [-0.1, -0.05) is 0 Å². The Kier molecular flexibility index (Phi) is 5.68. The molecular formula is C24H41N3O2. The van der Waals surface area contributed by atoms with Crippen molar-refractivity contribution in [2.45, 2.75) is 89.4 Å². The minimum Gasteiger partial charge on any atom is -0.392 e. The molecule has 5 heteroatoms. The Balaban J connectivity index is 1.18. The van der Waals surface area contributed by atoms with Crippen LogP contribution in [0.4, 0.5) is 0 Å². The van der Waals surface area contributed by atoms with Crippen LogP contribution in [0, 0.1) is 29.6 Å². The van der Waals surface area contributed by atoms with E-state index in [0.717, 1.165) is 30.2 Å². The predicted molar refractivity (Wildman–Crippen MR) is 114 cm³/mol. The average molecular weight is 404 g/mol. The summed E-state index contributed by atoms with van der Waals surface area (Å²) in [5, 5.41) is 13.9. The molecule has 2 N–H and O–H groups in total. The zero-order chi connectivity index (χ0) is 20.1. The lowest BCUT2D eigenvalue weighted by molar-refractivity contribution is -0.129. The maximum atomic E-state index is 13.3. The summed E-state index contributed by atoms with van der Waals surface area (Å²) in [6.45, 7) is 8.54. The topological polar surface area (TPSA) is 55.8 Å². The lowest BCUT2D eigenvalue weighted by atomic mass is 9.54. The largest absolute Gasteiger partial charge is 0.392 e. The van der Waals surface area contributed by atoms with Gasteiger partial charge in [0.25, 0.3) is 0 Å². The van der Waals surface area contributed by atoms with Crippen molar-refractivity contribution in [3.63, 3.8) is 0 Å². The highest BCUT2D eigenvalue weighted by atomic mass is 16.3. The van der Waals surface area contributed by atoms with Crippen molar-refractivity contribution in [3.05, 3.63) is 0 Å². The number of aliphatic hydroxyl groups excluding tert-OH is 1. The van der Waals surface area contributed by atoms with Gasteiger partial charge in [0, 0.05) is 25.2 Å². The van der Waals surface area contributed by atoms with Crippen LogP contribution in [-0.2, 0) is 4.79 Å². The number of aliphatic hydroxyl groups is 1. The maximum Gasteiger partial charge on any atom is 0.237 e. The number of carbonyl (C=O) groups is 1. The van der Waals surface area contributed by atoms with E-state index in [0.29, 0.717) is 31.0 Å². The van der Waals surface area contributed by atoms with Gasteiger partial charge in [0.1, 0.15) is 0 Å². The molecule has 2 atom stereocenters. The molecule has 0 radical (unpaired) electrons. The summed E-state index contributed by atoms with van der Waals surface area (Å²) < 4.78 is 0. The second-order valence-electron chi connectivity index (χ2n) is 11.4. The van der Waals surface area contributed by atoms with E-state index in [-0.39, 0.29) is 18.1 Å². The van der Waals surface area contributed by atoms with E-state index in [1.165, 1.54) is 58.0 Å². The van der Waals surface area contributed by atoms with Crippen LogP contribution in [0.5, 0.6) is 0 Å². The van der Waals surface area contributed by atoms with Crippen molar-refractivity contribution in [3.8, 4) is 0 Å². The molecule has 2 aliphatic heterocycles. The fraction of sp³-hybridized carbons (Fsp3) is 0.958. The van der Waals surface area contributed by atoms with Crippen molar-refractivity contribution in [2.24, 2.45) is 29.6 Å². The Morgan fingerprint density at radius 1 is 1.00 bits per heavy atom. The summed E-state index contributed by atoms with van der Waals surface area (Å²) >= 11 is 0. The molecule has 4 saturated carbocycles. The first-order valence-electron chi connectivity index (χ1n) is 12.4. The van der Waals surface area contributed by atoms with Crippen LogP contribution in [-0.4, -0.2) is 71.2 Å². The third-order valence-corrected chi connectivity index (χ3v) is 9.09. The third kappa shape index (κ3) is 4.12. The lowest BCUT2D eigenvalue weighted by Crippen LogP contribution is -2.58. The van der Waals surface area contributed by atoms with E-state index in [9.17, 15) is 9.90 Å². The molecule has 164 valence electrons. The first kappa shape index (κ1) is 20.3. The molecule has 5 nitrogen and oxygen atoms in total. The smallest absolute Gasteiger partial charge is 0.237 e. The molecule has 6 fully saturated rings. The van der Waals surface area contributed by atoms with Crippen LogP contribution in [0.3, 0.4) is 0 Å². The normalized spacial score (nSPS) is 43.4. The number of rotatable bonds is 5. The molecule has 2 saturated heterocycles. The lowest BCUT2D eigenvalue weighted by Gasteiger charge is -2.54. The molecule has 0 aromatic heterocycles. The van der Waals surface area contributed by atoms with E-state index in [2.05, 4.69) is 29.0 Å². The van der Waals surface area contributed by atoms with Crippen LogP contribution in [0.2, 0.25) is 0 Å². The van der Waals surface area contributed by atoms with Crippen molar-refractivity contribution in [2.75, 3.05) is 26.2 Å². The van der Waals surface area contributed by atoms with Gasteiger partial charge < -0.3 is 15.3 Å². The Bertz CT molecular complexity index is 573. The quantitative estimate of drug-likeness (QED) is 0.741. The molecule has 0 aromatic carbocycles. The van der Waals surface area contributed by atoms with Gasteiger partial charge in [-0.15, -0.1) is 0 Å². The molecule has 6 rings (SSSR count). The molecule has 0 unspecified atom stereocenters. The second-order valence-corrected chi connectivity index (χ2v) is 11.4. The van der Waals surface area contributed by atoms with E-state index >= 15 is 0 Å². The number of β-amino-alcohol motifs (C(OH)–C–C–N with tert-alkyl or cyclic N) is 1. The van der Waals surface area contributed by atoms with Gasteiger partial charge >= 0.3 is 0 Å². The summed E-state index contributed by atoms with van der Waals surface area (Å²) in [5.41, 5.74) is 0. The van der Waals surface area contributed by atoms with Gasteiger partial charge in [0.05, 0.1) is 12.1 Å². The summed E-state index contributed by atoms with van der Waals surface area (Å²) in [5.74, 6) is 4.18. The second kappa shape index (κ2) is 8.12. The number of nitrogens with zero attached hydrogens (tertiary/aromatic N) is 2. The minimum absolute atomic E-state index is 0.120. The van der Waals surface area contributed by atoms with Gasteiger partial charge in [-0.25, -0.2) is 0 Å². The first-order valence-corrected chi connectivity index (χ1v) is 12.4. The average Bonchev–Trinajstić information content (AvgIpc) is 3.04. The molecule has 0 spiro atoms. The number of carbonyl (C=O) groups excluding carboxylic acids is 1. The zero-order valence-corrected chi connectivity index (χ0v) is 18.4. The fourth-order valence-electron chi connectivity index (χ4n) is 7.76. The van der Waals surface area contributed by atoms with Gasteiger partial charge in [-0.05, 0) is 108 Å². The number of hydrogen-bond donors (Lipinski definition) is 2. The first-order chi connectivity index (χ1) is 14.0. The monoisotopic (exact) mass is 403 g/mol. The molecule has 4 aliphatic carbocycles. The molecule has 0 aromatic rings. The molecule has 4 bridgehead atoms. The fourth-order valence-corrected chi connectivity index (χ4v) is 7.76. The van der Waals surface area contributed by atoms with Gasteiger partial charge in [0.15, 0.2) is 0 Å². The molecule has 29 heavy (non-hydrogen) atoms. The highest BCUT2D eigenvalue weighted by Crippen LogP contribution is 2.53. The van der Waals surface area contributed by atoms with E-state index < -0.39 is 0 Å². The Hall–Kier alpha value is -0.650. The summed E-state index contributed by atoms with van der Waals surface area (Å²) in [7, 11) is 0. The Morgan fingerprint density at radius 3 is 2.21 bits per heavy atom. The van der Waals surface area contributed by atoms with Crippen molar-refractivity contribution < 1.29 is 9.90 Å². The standard InChI is InChI=1S/C24H41N3O2/c1-15(2)26-5-3-16(4-6-26)13-27-14-21(28)12-22(27)24(29)25-23-19-8-17-7-18(10-19)11-20(23)9-17/h15-23,28H,3-14H2,1-2H3,(H,25,29)/t17?,18?,19?,20?,21-,22-,23?/m1/s1. The van der Waals surface area contributed by atoms with Crippen LogP contribution in [0.15, 0.2) is 0 Å². The van der Waals surface area contributed by atoms with Crippen molar-refractivity contribution in [1.29, 1.82) is 0 Å². The molecule has 1 amide bonds. The van der Waals surface area contributed by atoms with Gasteiger partial charge in [0.2, 0.25) is 5.91 Å². The predicted octanol–water partition coefficient (Wildman–Crippen LogP) is 2.48. The number of amides is 1. The van der Waals surface area contributed by atoms with Crippen LogP contribution in [0.25, 0.3) is 0 Å². The number of nitrogens with one attached hydrogen (secondary N) is 1. The summed E-state index contributed by atoms with van der Waals surface area (Å²) in [6, 6.07) is 0.915. The summed E-state index contributed by atoms with van der Waals surface area (Å²) in [4.78, 5) is 18.2. The number of hydrogen-bond acceptors (Lipinski definition) is 4. The Labute approximate surface area is 176 Å². The SMILES string of the molecule is CC(C)N1CCC(CN2C[C@H](O)C[C@@H]2C(=O)NC2C3CC4CC(C3)CC2C4)CC1. The number of piperidine rings is 1. The third-order valence-electron chi connectivity index (χ3n) is 9.09. The van der Waals surface area contributed by atoms with Gasteiger partial charge in [-0.2, -0.15) is 0 Å². The van der Waals surface area contributed by atoms with Crippen LogP contribution in [0.1, 0.15) is 65.2 Å². The Morgan fingerprint density at radius 2 is 1.62 bits per heavy atom. The van der Waals surface area contributed by atoms with E-state index in [1.807, 2.05) is 0 Å². The minimum atomic E-state index is -0.347. The molecular weight excluding hydrogens is 362 g/mol. The van der Waals surface area contributed by atoms with Crippen molar-refractivity contribution >= 4 is 5.91 Å². The van der Waals surface area contributed by atoms with Crippen LogP contribution < -0.4 is 5.32 Å². The van der Waals surface area contributed by atoms with E-state index in [4.69, 9.17) is 0 Å². The van der Waals surface area contributed by atoms with Gasteiger partial charge in [-0.3, -0.25) is 9.69 Å². The highest BCUT2D eigenvalue weighted by molar-refractivity contribution is 5.82.